The molecule has 0 aromatic heterocycles. The topological polar surface area (TPSA) is 12.0 Å². The van der Waals surface area contributed by atoms with Crippen LogP contribution < -0.4 is 5.32 Å². The van der Waals surface area contributed by atoms with Crippen molar-refractivity contribution in [2.45, 2.75) is 76.9 Å². The molecular weight excluding hydrogens is 263 g/mol. The molecule has 2 aliphatic rings. The van der Waals surface area contributed by atoms with Gasteiger partial charge in [-0.2, -0.15) is 13.2 Å². The van der Waals surface area contributed by atoms with E-state index in [2.05, 4.69) is 12.2 Å². The minimum atomic E-state index is -3.98. The van der Waals surface area contributed by atoms with Gasteiger partial charge in [-0.05, 0) is 56.9 Å². The lowest BCUT2D eigenvalue weighted by Gasteiger charge is -2.38. The van der Waals surface area contributed by atoms with Crippen LogP contribution in [0.15, 0.2) is 0 Å². The van der Waals surface area contributed by atoms with Gasteiger partial charge in [0.05, 0.1) is 5.92 Å². The molecule has 0 spiro atoms. The third kappa shape index (κ3) is 4.37. The molecule has 2 rings (SSSR count). The summed E-state index contributed by atoms with van der Waals surface area (Å²) in [7, 11) is 0. The van der Waals surface area contributed by atoms with E-state index in [1.54, 1.807) is 0 Å². The number of nitrogens with one attached hydrogen (secondary N) is 1. The summed E-state index contributed by atoms with van der Waals surface area (Å²) in [5, 5.41) is 3.61. The molecule has 1 unspecified atom stereocenters. The van der Waals surface area contributed by atoms with Crippen LogP contribution in [0.5, 0.6) is 0 Å². The largest absolute Gasteiger partial charge is 0.391 e. The predicted molar refractivity (Wildman–Crippen MR) is 75.5 cm³/mol. The van der Waals surface area contributed by atoms with Gasteiger partial charge < -0.3 is 5.32 Å². The van der Waals surface area contributed by atoms with Crippen molar-refractivity contribution < 1.29 is 13.2 Å². The summed E-state index contributed by atoms with van der Waals surface area (Å²) < 4.78 is 38.2. The van der Waals surface area contributed by atoms with Crippen LogP contribution in [0.4, 0.5) is 13.2 Å². The van der Waals surface area contributed by atoms with E-state index in [9.17, 15) is 13.2 Å². The highest BCUT2D eigenvalue weighted by molar-refractivity contribution is 4.87. The summed E-state index contributed by atoms with van der Waals surface area (Å²) in [6.07, 6.45) is 4.45. The number of hydrogen-bond acceptors (Lipinski definition) is 1. The molecule has 4 heteroatoms. The molecule has 0 heterocycles. The number of alkyl halides is 3. The van der Waals surface area contributed by atoms with Crippen molar-refractivity contribution in [3.63, 3.8) is 0 Å². The van der Waals surface area contributed by atoms with Crippen molar-refractivity contribution in [1.29, 1.82) is 0 Å². The van der Waals surface area contributed by atoms with Crippen LogP contribution in [0.2, 0.25) is 0 Å². The fraction of sp³-hybridized carbons (Fsp3) is 1.00. The molecule has 1 nitrogen and oxygen atoms in total. The Hall–Kier alpha value is -0.250. The fourth-order valence-corrected chi connectivity index (χ4v) is 3.71. The van der Waals surface area contributed by atoms with E-state index < -0.39 is 12.1 Å². The molecule has 2 aliphatic carbocycles. The maximum absolute atomic E-state index is 12.7. The molecule has 0 amide bonds. The Morgan fingerprint density at radius 1 is 1.05 bits per heavy atom. The molecule has 0 bridgehead atoms. The van der Waals surface area contributed by atoms with Crippen LogP contribution in [-0.2, 0) is 0 Å². The van der Waals surface area contributed by atoms with E-state index in [-0.39, 0.29) is 0 Å². The van der Waals surface area contributed by atoms with Crippen LogP contribution in [0.3, 0.4) is 0 Å². The third-order valence-corrected chi connectivity index (χ3v) is 5.27. The second-order valence-electron chi connectivity index (χ2n) is 6.75. The van der Waals surface area contributed by atoms with Gasteiger partial charge in [0.2, 0.25) is 0 Å². The fourth-order valence-electron chi connectivity index (χ4n) is 3.71. The summed E-state index contributed by atoms with van der Waals surface area (Å²) in [5.41, 5.74) is 0. The monoisotopic (exact) mass is 291 g/mol. The Bertz CT molecular complexity index is 278. The Morgan fingerprint density at radius 2 is 1.70 bits per heavy atom. The molecule has 20 heavy (non-hydrogen) atoms. The van der Waals surface area contributed by atoms with Crippen molar-refractivity contribution >= 4 is 0 Å². The van der Waals surface area contributed by atoms with E-state index >= 15 is 0 Å². The normalized spacial score (nSPS) is 30.0. The minimum Gasteiger partial charge on any atom is -0.314 e. The minimum absolute atomic E-state index is 0.336. The smallest absolute Gasteiger partial charge is 0.314 e. The molecule has 0 radical (unpaired) electrons. The van der Waals surface area contributed by atoms with Crippen LogP contribution in [0, 0.1) is 17.8 Å². The molecule has 1 atom stereocenters. The second kappa shape index (κ2) is 7.15. The Balaban J connectivity index is 1.82. The van der Waals surface area contributed by atoms with Crippen molar-refractivity contribution in [3.05, 3.63) is 0 Å². The van der Waals surface area contributed by atoms with Gasteiger partial charge in [0.1, 0.15) is 0 Å². The zero-order chi connectivity index (χ0) is 14.6. The highest BCUT2D eigenvalue weighted by Crippen LogP contribution is 2.42. The van der Waals surface area contributed by atoms with Crippen LogP contribution in [-0.4, -0.2) is 18.8 Å². The first kappa shape index (κ1) is 16.1. The second-order valence-corrected chi connectivity index (χ2v) is 6.75. The average Bonchev–Trinajstić information content (AvgIpc) is 2.36. The van der Waals surface area contributed by atoms with E-state index in [1.165, 1.54) is 25.7 Å². The highest BCUT2D eigenvalue weighted by atomic mass is 19.4. The lowest BCUT2D eigenvalue weighted by atomic mass is 9.73. The standard InChI is InChI=1S/C16H28F3N/c1-2-10-20-15(11-12-4-3-5-12)13-6-8-14(9-7-13)16(17,18)19/h12-15,20H,2-11H2,1H3. The summed E-state index contributed by atoms with van der Waals surface area (Å²) in [5.74, 6) is 0.236. The van der Waals surface area contributed by atoms with Crippen LogP contribution in [0.1, 0.15) is 64.7 Å². The molecular formula is C16H28F3N. The average molecular weight is 291 g/mol. The van der Waals surface area contributed by atoms with Gasteiger partial charge in [-0.3, -0.25) is 0 Å². The first-order chi connectivity index (χ1) is 9.50. The molecule has 2 saturated carbocycles. The van der Waals surface area contributed by atoms with E-state index in [0.29, 0.717) is 24.8 Å². The number of halogens is 3. The van der Waals surface area contributed by atoms with Gasteiger partial charge in [-0.25, -0.2) is 0 Å². The van der Waals surface area contributed by atoms with Gasteiger partial charge in [0.25, 0.3) is 0 Å². The molecule has 0 aromatic rings. The van der Waals surface area contributed by atoms with Crippen LogP contribution >= 0.6 is 0 Å². The molecule has 1 N–H and O–H groups in total. The third-order valence-electron chi connectivity index (χ3n) is 5.27. The first-order valence-electron chi connectivity index (χ1n) is 8.30. The molecule has 0 aliphatic heterocycles. The van der Waals surface area contributed by atoms with Gasteiger partial charge >= 0.3 is 6.18 Å². The van der Waals surface area contributed by atoms with Crippen LogP contribution in [0.25, 0.3) is 0 Å². The summed E-state index contributed by atoms with van der Waals surface area (Å²) in [4.78, 5) is 0. The van der Waals surface area contributed by atoms with Crippen molar-refractivity contribution in [3.8, 4) is 0 Å². The zero-order valence-electron chi connectivity index (χ0n) is 12.5. The quantitative estimate of drug-likeness (QED) is 0.733. The predicted octanol–water partition coefficient (Wildman–Crippen LogP) is 4.91. The van der Waals surface area contributed by atoms with E-state index in [0.717, 1.165) is 31.7 Å². The van der Waals surface area contributed by atoms with Crippen molar-refractivity contribution in [2.75, 3.05) is 6.54 Å². The highest BCUT2D eigenvalue weighted by Gasteiger charge is 2.42. The SMILES string of the molecule is CCCNC(CC1CCC1)C1CCC(C(F)(F)F)CC1. The van der Waals surface area contributed by atoms with Crippen molar-refractivity contribution in [2.24, 2.45) is 17.8 Å². The summed E-state index contributed by atoms with van der Waals surface area (Å²) in [6.45, 7) is 3.14. The number of hydrogen-bond donors (Lipinski definition) is 1. The molecule has 2 fully saturated rings. The first-order valence-corrected chi connectivity index (χ1v) is 8.30. The van der Waals surface area contributed by atoms with Gasteiger partial charge in [0, 0.05) is 6.04 Å². The summed E-state index contributed by atoms with van der Waals surface area (Å²) in [6, 6.07) is 0.453. The molecule has 118 valence electrons. The van der Waals surface area contributed by atoms with E-state index in [4.69, 9.17) is 0 Å². The van der Waals surface area contributed by atoms with Gasteiger partial charge in [-0.1, -0.05) is 26.2 Å². The zero-order valence-corrected chi connectivity index (χ0v) is 12.5. The maximum Gasteiger partial charge on any atom is 0.391 e. The Labute approximate surface area is 120 Å². The lowest BCUT2D eigenvalue weighted by molar-refractivity contribution is -0.184. The Morgan fingerprint density at radius 3 is 2.15 bits per heavy atom. The summed E-state index contributed by atoms with van der Waals surface area (Å²) >= 11 is 0. The Kier molecular flexibility index (Phi) is 5.76. The van der Waals surface area contributed by atoms with Crippen molar-refractivity contribution in [1.82, 2.24) is 5.32 Å². The van der Waals surface area contributed by atoms with Gasteiger partial charge in [-0.15, -0.1) is 0 Å². The molecule has 0 saturated heterocycles. The lowest BCUT2D eigenvalue weighted by Crippen LogP contribution is -2.42. The van der Waals surface area contributed by atoms with Gasteiger partial charge in [0.15, 0.2) is 0 Å². The molecule has 0 aromatic carbocycles. The maximum atomic E-state index is 12.7. The number of rotatable bonds is 6. The van der Waals surface area contributed by atoms with E-state index in [1.807, 2.05) is 0 Å².